The number of carbonyl (C=O) groups is 1. The van der Waals surface area contributed by atoms with Gasteiger partial charge in [-0.05, 0) is 37.2 Å². The van der Waals surface area contributed by atoms with Crippen LogP contribution in [0, 0.1) is 0 Å². The van der Waals surface area contributed by atoms with Gasteiger partial charge in [-0.1, -0.05) is 11.6 Å². The van der Waals surface area contributed by atoms with Gasteiger partial charge >= 0.3 is 0 Å². The van der Waals surface area contributed by atoms with Crippen LogP contribution in [-0.4, -0.2) is 13.3 Å². The van der Waals surface area contributed by atoms with E-state index in [0.29, 0.717) is 10.6 Å². The third kappa shape index (κ3) is 3.78. The van der Waals surface area contributed by atoms with E-state index in [1.54, 1.807) is 18.2 Å². The lowest BCUT2D eigenvalue weighted by molar-refractivity contribution is 0.112. The number of nitrogens with two attached hydrogens (primary N) is 2. The van der Waals surface area contributed by atoms with E-state index in [0.717, 1.165) is 23.1 Å². The molecule has 4 N–H and O–H groups in total. The SMILES string of the molecule is CN.NSc1ccc(Cl)cc1C=O. The van der Waals surface area contributed by atoms with Crippen LogP contribution in [0.4, 0.5) is 0 Å². The summed E-state index contributed by atoms with van der Waals surface area (Å²) in [6, 6.07) is 5.00. The molecule has 0 aliphatic carbocycles. The Bertz CT molecular complexity index is 281. The zero-order chi connectivity index (χ0) is 10.3. The Kier molecular flexibility index (Phi) is 6.62. The summed E-state index contributed by atoms with van der Waals surface area (Å²) in [5, 5.41) is 5.84. The van der Waals surface area contributed by atoms with E-state index in [-0.39, 0.29) is 0 Å². The van der Waals surface area contributed by atoms with Crippen LogP contribution in [0.2, 0.25) is 5.02 Å². The van der Waals surface area contributed by atoms with Gasteiger partial charge in [0.25, 0.3) is 0 Å². The summed E-state index contributed by atoms with van der Waals surface area (Å²) in [7, 11) is 1.50. The second-order valence-electron chi connectivity index (χ2n) is 1.92. The first kappa shape index (κ1) is 12.4. The molecule has 0 saturated heterocycles. The van der Waals surface area contributed by atoms with E-state index in [1.165, 1.54) is 7.05 Å². The van der Waals surface area contributed by atoms with Gasteiger partial charge in [0.2, 0.25) is 0 Å². The molecule has 1 aromatic carbocycles. The molecule has 0 fully saturated rings. The molecular weight excluding hydrogens is 208 g/mol. The van der Waals surface area contributed by atoms with Gasteiger partial charge in [0, 0.05) is 15.5 Å². The number of hydrogen-bond donors (Lipinski definition) is 2. The Labute approximate surface area is 86.6 Å². The maximum Gasteiger partial charge on any atom is 0.151 e. The molecule has 0 spiro atoms. The van der Waals surface area contributed by atoms with Gasteiger partial charge in [-0.3, -0.25) is 9.93 Å². The summed E-state index contributed by atoms with van der Waals surface area (Å²) in [5.74, 6) is 0. The van der Waals surface area contributed by atoms with Gasteiger partial charge in [0.1, 0.15) is 0 Å². The molecule has 0 heterocycles. The van der Waals surface area contributed by atoms with Gasteiger partial charge in [-0.2, -0.15) is 0 Å². The quantitative estimate of drug-likeness (QED) is 0.586. The van der Waals surface area contributed by atoms with Crippen molar-refractivity contribution in [2.45, 2.75) is 4.90 Å². The summed E-state index contributed by atoms with van der Waals surface area (Å²) in [6.07, 6.45) is 0.737. The summed E-state index contributed by atoms with van der Waals surface area (Å²) < 4.78 is 0. The molecule has 1 aromatic rings. The second kappa shape index (κ2) is 6.91. The van der Waals surface area contributed by atoms with Gasteiger partial charge < -0.3 is 5.73 Å². The molecule has 5 heteroatoms. The van der Waals surface area contributed by atoms with Crippen molar-refractivity contribution in [3.63, 3.8) is 0 Å². The van der Waals surface area contributed by atoms with E-state index in [4.69, 9.17) is 16.7 Å². The largest absolute Gasteiger partial charge is 0.333 e. The molecule has 0 radical (unpaired) electrons. The summed E-state index contributed by atoms with van der Waals surface area (Å²) in [6.45, 7) is 0. The van der Waals surface area contributed by atoms with E-state index in [2.05, 4.69) is 5.73 Å². The molecule has 0 aromatic heterocycles. The Morgan fingerprint density at radius 2 is 2.08 bits per heavy atom. The van der Waals surface area contributed by atoms with Gasteiger partial charge in [-0.15, -0.1) is 0 Å². The Morgan fingerprint density at radius 1 is 1.46 bits per heavy atom. The minimum atomic E-state index is 0.532. The number of rotatable bonds is 2. The van der Waals surface area contributed by atoms with Crippen LogP contribution < -0.4 is 10.9 Å². The van der Waals surface area contributed by atoms with Crippen LogP contribution >= 0.6 is 23.5 Å². The smallest absolute Gasteiger partial charge is 0.151 e. The first-order valence-electron chi connectivity index (χ1n) is 3.47. The van der Waals surface area contributed by atoms with Crippen molar-refractivity contribution in [3.8, 4) is 0 Å². The second-order valence-corrected chi connectivity index (χ2v) is 3.03. The standard InChI is InChI=1S/C7H6ClNOS.CH5N/c8-6-1-2-7(11-9)5(3-6)4-10;1-2/h1-4H,9H2;2H2,1H3. The third-order valence-corrected chi connectivity index (χ3v) is 2.09. The molecule has 13 heavy (non-hydrogen) atoms. The maximum atomic E-state index is 10.4. The topological polar surface area (TPSA) is 69.1 Å². The highest BCUT2D eigenvalue weighted by Crippen LogP contribution is 2.20. The van der Waals surface area contributed by atoms with Crippen molar-refractivity contribution in [2.24, 2.45) is 10.9 Å². The Morgan fingerprint density at radius 3 is 2.54 bits per heavy atom. The van der Waals surface area contributed by atoms with Crippen molar-refractivity contribution in [1.29, 1.82) is 0 Å². The summed E-state index contributed by atoms with van der Waals surface area (Å²) >= 11 is 6.68. The fourth-order valence-corrected chi connectivity index (χ4v) is 1.29. The zero-order valence-electron chi connectivity index (χ0n) is 7.16. The zero-order valence-corrected chi connectivity index (χ0v) is 8.73. The maximum absolute atomic E-state index is 10.4. The van der Waals surface area contributed by atoms with Crippen LogP contribution in [0.5, 0.6) is 0 Å². The minimum Gasteiger partial charge on any atom is -0.333 e. The van der Waals surface area contributed by atoms with E-state index < -0.39 is 0 Å². The van der Waals surface area contributed by atoms with Gasteiger partial charge in [0.15, 0.2) is 6.29 Å². The van der Waals surface area contributed by atoms with Crippen LogP contribution in [0.25, 0.3) is 0 Å². The highest BCUT2D eigenvalue weighted by atomic mass is 35.5. The lowest BCUT2D eigenvalue weighted by atomic mass is 10.2. The molecule has 0 amide bonds. The van der Waals surface area contributed by atoms with Crippen molar-refractivity contribution in [3.05, 3.63) is 28.8 Å². The first-order valence-corrected chi connectivity index (χ1v) is 4.73. The molecule has 0 aliphatic rings. The van der Waals surface area contributed by atoms with Crippen LogP contribution in [-0.2, 0) is 0 Å². The van der Waals surface area contributed by atoms with Crippen molar-refractivity contribution < 1.29 is 4.79 Å². The number of hydrogen-bond acceptors (Lipinski definition) is 4. The molecule has 72 valence electrons. The fraction of sp³-hybridized carbons (Fsp3) is 0.125. The molecule has 0 saturated carbocycles. The lowest BCUT2D eigenvalue weighted by Gasteiger charge is -1.99. The molecule has 3 nitrogen and oxygen atoms in total. The number of aldehydes is 1. The molecule has 0 atom stereocenters. The molecular formula is C8H11ClN2OS. The van der Waals surface area contributed by atoms with Gasteiger partial charge in [0.05, 0.1) is 0 Å². The lowest BCUT2D eigenvalue weighted by Crippen LogP contribution is -1.87. The molecule has 0 unspecified atom stereocenters. The first-order chi connectivity index (χ1) is 6.27. The van der Waals surface area contributed by atoms with E-state index in [1.807, 2.05) is 0 Å². The molecule has 0 aliphatic heterocycles. The van der Waals surface area contributed by atoms with Crippen molar-refractivity contribution in [2.75, 3.05) is 7.05 Å². The van der Waals surface area contributed by atoms with Crippen molar-refractivity contribution in [1.82, 2.24) is 0 Å². The highest BCUT2D eigenvalue weighted by Gasteiger charge is 2.00. The van der Waals surface area contributed by atoms with Gasteiger partial charge in [-0.25, -0.2) is 0 Å². The highest BCUT2D eigenvalue weighted by molar-refractivity contribution is 7.97. The third-order valence-electron chi connectivity index (χ3n) is 1.23. The summed E-state index contributed by atoms with van der Waals surface area (Å²) in [4.78, 5) is 11.2. The van der Waals surface area contributed by atoms with Crippen molar-refractivity contribution >= 4 is 29.8 Å². The van der Waals surface area contributed by atoms with Crippen LogP contribution in [0.15, 0.2) is 23.1 Å². The average Bonchev–Trinajstić information content (AvgIpc) is 2.20. The molecule has 1 rings (SSSR count). The average molecular weight is 219 g/mol. The van der Waals surface area contributed by atoms with E-state index >= 15 is 0 Å². The van der Waals surface area contributed by atoms with Crippen LogP contribution in [0.1, 0.15) is 10.4 Å². The predicted octanol–water partition coefficient (Wildman–Crippen LogP) is 1.69. The fourth-order valence-electron chi connectivity index (χ4n) is 0.719. The van der Waals surface area contributed by atoms with E-state index in [9.17, 15) is 4.79 Å². The number of benzene rings is 1. The van der Waals surface area contributed by atoms with Crippen LogP contribution in [0.3, 0.4) is 0 Å². The molecule has 0 bridgehead atoms. The minimum absolute atomic E-state index is 0.532. The normalized spacial score (nSPS) is 8.62. The Hall–Kier alpha value is -0.550. The summed E-state index contributed by atoms with van der Waals surface area (Å²) in [5.41, 5.74) is 5.03. The predicted molar refractivity (Wildman–Crippen MR) is 57.0 cm³/mol. The number of halogens is 1. The monoisotopic (exact) mass is 218 g/mol. The number of carbonyl (C=O) groups excluding carboxylic acids is 1. The Balaban J connectivity index is 0.000000671.